The third-order valence-electron chi connectivity index (χ3n) is 5.83. The molecular formula is C24H19F4N7O. The summed E-state index contributed by atoms with van der Waals surface area (Å²) in [7, 11) is 1.49. The summed E-state index contributed by atoms with van der Waals surface area (Å²) in [5, 5.41) is 1.38. The first-order valence-corrected chi connectivity index (χ1v) is 10.7. The lowest BCUT2D eigenvalue weighted by Gasteiger charge is -2.21. The number of nitrogens with one attached hydrogen (secondary N) is 1. The van der Waals surface area contributed by atoms with Gasteiger partial charge in [-0.3, -0.25) is 4.98 Å². The molecule has 0 aliphatic carbocycles. The van der Waals surface area contributed by atoms with Crippen LogP contribution in [0.3, 0.4) is 0 Å². The summed E-state index contributed by atoms with van der Waals surface area (Å²) in [6.07, 6.45) is 2.72. The number of hydrazine groups is 1. The van der Waals surface area contributed by atoms with Gasteiger partial charge in [0.05, 0.1) is 30.6 Å². The van der Waals surface area contributed by atoms with Crippen LogP contribution < -0.4 is 26.6 Å². The van der Waals surface area contributed by atoms with Crippen molar-refractivity contribution in [2.45, 2.75) is 12.5 Å². The standard InChI is InChI=1S/C24H19F4N7O/c1-36-13-6-11(9-31-10-13)20-22(29)32-24(33-23(20)30)35-19-5-2-12(25)7-15(19)18(34-35)8-14-16(26)3-4-17(27)21(14)28/h2-7,9-10,18,34H,8H2,1H3,(H4,29,30,32,33). The van der Waals surface area contributed by atoms with E-state index in [1.165, 1.54) is 42.7 Å². The molecular weight excluding hydrogens is 478 g/mol. The van der Waals surface area contributed by atoms with Crippen molar-refractivity contribution in [3.63, 3.8) is 0 Å². The maximum atomic E-state index is 14.4. The molecule has 0 amide bonds. The second-order valence-corrected chi connectivity index (χ2v) is 8.03. The summed E-state index contributed by atoms with van der Waals surface area (Å²) in [5.74, 6) is -3.43. The molecule has 5 N–H and O–H groups in total. The highest BCUT2D eigenvalue weighted by Crippen LogP contribution is 2.41. The molecule has 4 aromatic rings. The minimum absolute atomic E-state index is 0.0140. The van der Waals surface area contributed by atoms with E-state index < -0.39 is 34.9 Å². The van der Waals surface area contributed by atoms with Crippen LogP contribution in [0.2, 0.25) is 0 Å². The highest BCUT2D eigenvalue weighted by Gasteiger charge is 2.33. The fourth-order valence-electron chi connectivity index (χ4n) is 4.13. The molecule has 36 heavy (non-hydrogen) atoms. The van der Waals surface area contributed by atoms with Gasteiger partial charge in [0.15, 0.2) is 11.6 Å². The van der Waals surface area contributed by atoms with Gasteiger partial charge >= 0.3 is 0 Å². The molecule has 2 aromatic heterocycles. The zero-order chi connectivity index (χ0) is 25.6. The molecule has 0 saturated heterocycles. The molecule has 0 fully saturated rings. The second kappa shape index (κ2) is 8.96. The van der Waals surface area contributed by atoms with Gasteiger partial charge in [-0.15, -0.1) is 0 Å². The van der Waals surface area contributed by atoms with Gasteiger partial charge in [0.1, 0.15) is 29.0 Å². The number of aromatic nitrogens is 3. The lowest BCUT2D eigenvalue weighted by molar-refractivity contribution is 0.413. The number of anilines is 4. The highest BCUT2D eigenvalue weighted by atomic mass is 19.2. The Morgan fingerprint density at radius 3 is 2.42 bits per heavy atom. The van der Waals surface area contributed by atoms with E-state index in [0.29, 0.717) is 34.2 Å². The summed E-state index contributed by atoms with van der Waals surface area (Å²) in [5.41, 5.74) is 16.6. The largest absolute Gasteiger partial charge is 0.495 e. The fourth-order valence-corrected chi connectivity index (χ4v) is 4.13. The Morgan fingerprint density at radius 2 is 1.69 bits per heavy atom. The van der Waals surface area contributed by atoms with E-state index >= 15 is 0 Å². The van der Waals surface area contributed by atoms with Crippen molar-refractivity contribution in [2.24, 2.45) is 0 Å². The number of halogens is 4. The molecule has 1 aliphatic rings. The number of nitrogens with two attached hydrogens (primary N) is 2. The first-order valence-electron chi connectivity index (χ1n) is 10.7. The predicted molar refractivity (Wildman–Crippen MR) is 125 cm³/mol. The molecule has 0 radical (unpaired) electrons. The van der Waals surface area contributed by atoms with Crippen LogP contribution in [0, 0.1) is 23.3 Å². The Morgan fingerprint density at radius 1 is 0.972 bits per heavy atom. The van der Waals surface area contributed by atoms with Crippen molar-refractivity contribution in [3.05, 3.63) is 83.2 Å². The molecule has 5 rings (SSSR count). The van der Waals surface area contributed by atoms with Gasteiger partial charge in [-0.05, 0) is 48.4 Å². The minimum Gasteiger partial charge on any atom is -0.495 e. The van der Waals surface area contributed by atoms with Gasteiger partial charge in [-0.1, -0.05) is 0 Å². The molecule has 3 heterocycles. The number of nitrogen functional groups attached to an aromatic ring is 2. The molecule has 184 valence electrons. The van der Waals surface area contributed by atoms with Crippen LogP contribution in [-0.2, 0) is 6.42 Å². The summed E-state index contributed by atoms with van der Waals surface area (Å²) in [6.45, 7) is 0. The molecule has 0 spiro atoms. The lowest BCUT2D eigenvalue weighted by atomic mass is 9.98. The quantitative estimate of drug-likeness (QED) is 0.278. The molecule has 8 nitrogen and oxygen atoms in total. The first kappa shape index (κ1) is 23.3. The normalized spacial score (nSPS) is 14.7. The number of ether oxygens (including phenoxy) is 1. The van der Waals surface area contributed by atoms with Crippen LogP contribution in [0.25, 0.3) is 11.1 Å². The summed E-state index contributed by atoms with van der Waals surface area (Å²) >= 11 is 0. The summed E-state index contributed by atoms with van der Waals surface area (Å²) < 4.78 is 61.7. The third kappa shape index (κ3) is 4.01. The van der Waals surface area contributed by atoms with E-state index in [1.54, 1.807) is 6.07 Å². The number of fused-ring (bicyclic) bond motifs is 1. The molecule has 1 aliphatic heterocycles. The van der Waals surface area contributed by atoms with Crippen LogP contribution in [-0.4, -0.2) is 22.1 Å². The van der Waals surface area contributed by atoms with Gasteiger partial charge in [-0.2, -0.15) is 9.97 Å². The first-order chi connectivity index (χ1) is 17.3. The van der Waals surface area contributed by atoms with Gasteiger partial charge in [-0.25, -0.2) is 28.0 Å². The van der Waals surface area contributed by atoms with Gasteiger partial charge < -0.3 is 16.2 Å². The third-order valence-corrected chi connectivity index (χ3v) is 5.83. The van der Waals surface area contributed by atoms with Crippen LogP contribution in [0.15, 0.2) is 48.8 Å². The smallest absolute Gasteiger partial charge is 0.248 e. The van der Waals surface area contributed by atoms with Crippen molar-refractivity contribution < 1.29 is 22.3 Å². The van der Waals surface area contributed by atoms with E-state index in [1.807, 2.05) is 0 Å². The molecule has 12 heteroatoms. The topological polar surface area (TPSA) is 115 Å². The van der Waals surface area contributed by atoms with E-state index in [4.69, 9.17) is 16.2 Å². The molecule has 1 unspecified atom stereocenters. The zero-order valence-electron chi connectivity index (χ0n) is 18.8. The van der Waals surface area contributed by atoms with E-state index in [0.717, 1.165) is 6.07 Å². The number of methoxy groups -OCH3 is 1. The average molecular weight is 497 g/mol. The SMILES string of the molecule is COc1cncc(-c2c(N)nc(N3NC(Cc4c(F)ccc(F)c4F)c4cc(F)ccc43)nc2N)c1. The van der Waals surface area contributed by atoms with E-state index in [9.17, 15) is 17.6 Å². The molecule has 1 atom stereocenters. The monoisotopic (exact) mass is 497 g/mol. The van der Waals surface area contributed by atoms with Crippen LogP contribution in [0.5, 0.6) is 5.75 Å². The number of hydrogen-bond acceptors (Lipinski definition) is 8. The Hall–Kier alpha value is -4.45. The van der Waals surface area contributed by atoms with E-state index in [2.05, 4.69) is 20.4 Å². The lowest BCUT2D eigenvalue weighted by Crippen LogP contribution is -2.33. The predicted octanol–water partition coefficient (Wildman–Crippen LogP) is 4.21. The Kier molecular flexibility index (Phi) is 5.80. The summed E-state index contributed by atoms with van der Waals surface area (Å²) in [6, 6.07) is 6.25. The number of hydrogen-bond donors (Lipinski definition) is 3. The average Bonchev–Trinajstić information content (AvgIpc) is 3.21. The zero-order valence-corrected chi connectivity index (χ0v) is 18.8. The van der Waals surface area contributed by atoms with Crippen LogP contribution in [0.1, 0.15) is 17.2 Å². The fraction of sp³-hybridized carbons (Fsp3) is 0.125. The summed E-state index contributed by atoms with van der Waals surface area (Å²) in [4.78, 5) is 12.8. The maximum Gasteiger partial charge on any atom is 0.248 e. The number of benzene rings is 2. The highest BCUT2D eigenvalue weighted by molar-refractivity contribution is 5.84. The van der Waals surface area contributed by atoms with Crippen LogP contribution in [0.4, 0.5) is 40.8 Å². The minimum atomic E-state index is -1.31. The molecule has 0 saturated carbocycles. The number of pyridine rings is 1. The number of nitrogens with zero attached hydrogens (tertiary/aromatic N) is 4. The Labute approximate surface area is 202 Å². The molecule has 0 bridgehead atoms. The Balaban J connectivity index is 1.54. The van der Waals surface area contributed by atoms with Gasteiger partial charge in [0.25, 0.3) is 0 Å². The Bertz CT molecular complexity index is 1460. The van der Waals surface area contributed by atoms with Crippen molar-refractivity contribution in [1.29, 1.82) is 0 Å². The second-order valence-electron chi connectivity index (χ2n) is 8.03. The van der Waals surface area contributed by atoms with Gasteiger partial charge in [0.2, 0.25) is 5.95 Å². The number of rotatable bonds is 5. The van der Waals surface area contributed by atoms with Crippen molar-refractivity contribution in [2.75, 3.05) is 23.6 Å². The van der Waals surface area contributed by atoms with Crippen molar-refractivity contribution in [3.8, 4) is 16.9 Å². The van der Waals surface area contributed by atoms with Crippen molar-refractivity contribution in [1.82, 2.24) is 20.4 Å². The van der Waals surface area contributed by atoms with Crippen LogP contribution >= 0.6 is 0 Å². The van der Waals surface area contributed by atoms with E-state index in [-0.39, 0.29) is 24.0 Å². The molecule has 2 aromatic carbocycles. The van der Waals surface area contributed by atoms with Gasteiger partial charge in [0, 0.05) is 17.3 Å². The van der Waals surface area contributed by atoms with Crippen molar-refractivity contribution >= 4 is 23.3 Å². The maximum absolute atomic E-state index is 14.4.